The highest BCUT2D eigenvalue weighted by Crippen LogP contribution is 2.33. The topological polar surface area (TPSA) is 49.4 Å². The quantitative estimate of drug-likeness (QED) is 0.899. The molecule has 1 heterocycles. The van der Waals surface area contributed by atoms with Crippen LogP contribution in [0.1, 0.15) is 49.8 Å². The summed E-state index contributed by atoms with van der Waals surface area (Å²) in [4.78, 5) is 26.7. The number of rotatable bonds is 4. The van der Waals surface area contributed by atoms with Gasteiger partial charge in [-0.1, -0.05) is 75.4 Å². The Bertz CT molecular complexity index is 809. The van der Waals surface area contributed by atoms with Gasteiger partial charge in [0, 0.05) is 25.4 Å². The molecule has 0 saturated carbocycles. The zero-order chi connectivity index (χ0) is 19.4. The van der Waals surface area contributed by atoms with Crippen LogP contribution in [0.5, 0.6) is 0 Å². The van der Waals surface area contributed by atoms with E-state index in [1.807, 2.05) is 49.9 Å². The van der Waals surface area contributed by atoms with Gasteiger partial charge in [-0.25, -0.2) is 0 Å². The number of amides is 2. The average Bonchev–Trinajstić information content (AvgIpc) is 2.64. The molecule has 0 radical (unpaired) electrons. The Morgan fingerprint density at radius 3 is 2.41 bits per heavy atom. The van der Waals surface area contributed by atoms with Crippen LogP contribution >= 0.6 is 0 Å². The lowest BCUT2D eigenvalue weighted by Crippen LogP contribution is -2.44. The van der Waals surface area contributed by atoms with Crippen molar-refractivity contribution in [1.82, 2.24) is 10.2 Å². The number of nitrogens with zero attached hydrogens (tertiary/aromatic N) is 1. The van der Waals surface area contributed by atoms with Crippen LogP contribution in [-0.2, 0) is 16.1 Å². The minimum absolute atomic E-state index is 0.0345. The molecule has 1 aliphatic rings. The van der Waals surface area contributed by atoms with Crippen molar-refractivity contribution < 1.29 is 9.59 Å². The predicted molar refractivity (Wildman–Crippen MR) is 107 cm³/mol. The lowest BCUT2D eigenvalue weighted by atomic mass is 9.84. The number of carbonyl (C=O) groups excluding carboxylic acids is 2. The molecule has 2 aromatic rings. The molecule has 142 valence electrons. The second kappa shape index (κ2) is 7.95. The third-order valence-corrected chi connectivity index (χ3v) is 4.88. The van der Waals surface area contributed by atoms with E-state index in [1.165, 1.54) is 16.7 Å². The summed E-state index contributed by atoms with van der Waals surface area (Å²) in [6.45, 7) is 7.32. The Kier molecular flexibility index (Phi) is 5.64. The molecular weight excluding hydrogens is 336 g/mol. The van der Waals surface area contributed by atoms with Crippen LogP contribution in [0.25, 0.3) is 0 Å². The highest BCUT2D eigenvalue weighted by Gasteiger charge is 2.29. The van der Waals surface area contributed by atoms with Crippen LogP contribution in [0.15, 0.2) is 54.6 Å². The van der Waals surface area contributed by atoms with Gasteiger partial charge in [0.25, 0.3) is 0 Å². The zero-order valence-electron chi connectivity index (χ0n) is 16.4. The monoisotopic (exact) mass is 364 g/mol. The summed E-state index contributed by atoms with van der Waals surface area (Å²) in [5.74, 6) is 0.0472. The third-order valence-electron chi connectivity index (χ3n) is 4.88. The molecule has 0 bridgehead atoms. The van der Waals surface area contributed by atoms with Crippen molar-refractivity contribution in [2.24, 2.45) is 5.41 Å². The molecule has 0 fully saturated rings. The Hall–Kier alpha value is -2.62. The van der Waals surface area contributed by atoms with Gasteiger partial charge in [-0.2, -0.15) is 0 Å². The van der Waals surface area contributed by atoms with E-state index in [4.69, 9.17) is 0 Å². The van der Waals surface area contributed by atoms with E-state index in [0.29, 0.717) is 19.5 Å². The molecule has 0 saturated heterocycles. The van der Waals surface area contributed by atoms with Gasteiger partial charge in [0.2, 0.25) is 11.8 Å². The maximum atomic E-state index is 12.8. The number of nitrogens with one attached hydrogen (secondary N) is 1. The first-order chi connectivity index (χ1) is 12.8. The first-order valence-electron chi connectivity index (χ1n) is 9.51. The molecular formula is C23H28N2O2. The van der Waals surface area contributed by atoms with Crippen molar-refractivity contribution in [3.8, 4) is 0 Å². The Morgan fingerprint density at radius 2 is 1.70 bits per heavy atom. The zero-order valence-corrected chi connectivity index (χ0v) is 16.4. The minimum atomic E-state index is -0.0877. The van der Waals surface area contributed by atoms with Crippen LogP contribution in [0.3, 0.4) is 0 Å². The highest BCUT2D eigenvalue weighted by atomic mass is 16.2. The van der Waals surface area contributed by atoms with Gasteiger partial charge in [-0.05, 0) is 22.1 Å². The van der Waals surface area contributed by atoms with Crippen molar-refractivity contribution in [3.05, 3.63) is 71.3 Å². The molecule has 4 nitrogen and oxygen atoms in total. The van der Waals surface area contributed by atoms with Crippen molar-refractivity contribution in [2.75, 3.05) is 13.1 Å². The maximum Gasteiger partial charge on any atom is 0.242 e. The third kappa shape index (κ3) is 4.97. The number of carbonyl (C=O) groups is 2. The van der Waals surface area contributed by atoms with E-state index in [2.05, 4.69) is 35.6 Å². The van der Waals surface area contributed by atoms with Crippen LogP contribution < -0.4 is 5.32 Å². The normalized spacial score (nSPS) is 16.6. The van der Waals surface area contributed by atoms with E-state index < -0.39 is 0 Å². The van der Waals surface area contributed by atoms with E-state index in [0.717, 1.165) is 0 Å². The van der Waals surface area contributed by atoms with Gasteiger partial charge in [-0.15, -0.1) is 0 Å². The molecule has 2 aromatic carbocycles. The number of hydrogen-bond donors (Lipinski definition) is 1. The van der Waals surface area contributed by atoms with Crippen molar-refractivity contribution in [1.29, 1.82) is 0 Å². The van der Waals surface area contributed by atoms with Crippen LogP contribution in [0, 0.1) is 5.41 Å². The summed E-state index contributed by atoms with van der Waals surface area (Å²) < 4.78 is 0. The van der Waals surface area contributed by atoms with Gasteiger partial charge in [0.05, 0.1) is 6.54 Å². The molecule has 1 N–H and O–H groups in total. The van der Waals surface area contributed by atoms with E-state index in [9.17, 15) is 9.59 Å². The van der Waals surface area contributed by atoms with Gasteiger partial charge >= 0.3 is 0 Å². The minimum Gasteiger partial charge on any atom is -0.347 e. The number of hydrogen-bond acceptors (Lipinski definition) is 2. The van der Waals surface area contributed by atoms with Crippen molar-refractivity contribution in [2.45, 2.75) is 39.7 Å². The Labute approximate surface area is 161 Å². The average molecular weight is 364 g/mol. The van der Waals surface area contributed by atoms with Crippen LogP contribution in [-0.4, -0.2) is 29.8 Å². The molecule has 3 rings (SSSR count). The molecule has 0 unspecified atom stereocenters. The van der Waals surface area contributed by atoms with Gasteiger partial charge < -0.3 is 10.2 Å². The molecule has 1 atom stereocenters. The SMILES string of the molecule is CC(C)(C)CC(=O)NCC(=O)N1Cc2ccccc2[C@@H](c2ccccc2)C1. The van der Waals surface area contributed by atoms with E-state index in [-0.39, 0.29) is 29.7 Å². The van der Waals surface area contributed by atoms with E-state index >= 15 is 0 Å². The van der Waals surface area contributed by atoms with Gasteiger partial charge in [-0.3, -0.25) is 9.59 Å². The molecule has 1 aliphatic heterocycles. The smallest absolute Gasteiger partial charge is 0.242 e. The molecule has 2 amide bonds. The lowest BCUT2D eigenvalue weighted by molar-refractivity contribution is -0.134. The summed E-state index contributed by atoms with van der Waals surface area (Å²) in [6, 6.07) is 18.6. The predicted octanol–water partition coefficient (Wildman–Crippen LogP) is 3.71. The fourth-order valence-corrected chi connectivity index (χ4v) is 3.60. The standard InChI is InChI=1S/C23H28N2O2/c1-23(2,3)13-21(26)24-14-22(27)25-15-18-11-7-8-12-19(18)20(16-25)17-9-5-4-6-10-17/h4-12,20H,13-16H2,1-3H3,(H,24,26)/t20-/m1/s1. The second-order valence-electron chi connectivity index (χ2n) is 8.45. The fourth-order valence-electron chi connectivity index (χ4n) is 3.60. The van der Waals surface area contributed by atoms with Crippen LogP contribution in [0.2, 0.25) is 0 Å². The highest BCUT2D eigenvalue weighted by molar-refractivity contribution is 5.85. The Balaban J connectivity index is 1.72. The van der Waals surface area contributed by atoms with Gasteiger partial charge in [0.15, 0.2) is 0 Å². The molecule has 4 heteroatoms. The van der Waals surface area contributed by atoms with Crippen molar-refractivity contribution in [3.63, 3.8) is 0 Å². The largest absolute Gasteiger partial charge is 0.347 e. The molecule has 0 spiro atoms. The molecule has 27 heavy (non-hydrogen) atoms. The number of benzene rings is 2. The second-order valence-corrected chi connectivity index (χ2v) is 8.45. The maximum absolute atomic E-state index is 12.8. The van der Waals surface area contributed by atoms with Crippen LogP contribution in [0.4, 0.5) is 0 Å². The summed E-state index contributed by atoms with van der Waals surface area (Å²) in [5, 5.41) is 2.78. The summed E-state index contributed by atoms with van der Waals surface area (Å²) >= 11 is 0. The molecule has 0 aliphatic carbocycles. The fraction of sp³-hybridized carbons (Fsp3) is 0.391. The van der Waals surface area contributed by atoms with Crippen molar-refractivity contribution >= 4 is 11.8 Å². The summed E-state index contributed by atoms with van der Waals surface area (Å²) in [7, 11) is 0. The Morgan fingerprint density at radius 1 is 1.04 bits per heavy atom. The lowest BCUT2D eigenvalue weighted by Gasteiger charge is -2.35. The van der Waals surface area contributed by atoms with E-state index in [1.54, 1.807) is 0 Å². The summed E-state index contributed by atoms with van der Waals surface area (Å²) in [6.07, 6.45) is 0.412. The molecule has 0 aromatic heterocycles. The first-order valence-corrected chi connectivity index (χ1v) is 9.51. The summed E-state index contributed by atoms with van der Waals surface area (Å²) in [5.41, 5.74) is 3.57. The van der Waals surface area contributed by atoms with Gasteiger partial charge in [0.1, 0.15) is 0 Å². The first kappa shape index (κ1) is 19.2. The number of fused-ring (bicyclic) bond motifs is 1.